The van der Waals surface area contributed by atoms with Gasteiger partial charge in [0.2, 0.25) is 11.8 Å². The molecule has 2 aromatic carbocycles. The molecule has 2 aromatic rings. The molecule has 0 bridgehead atoms. The van der Waals surface area contributed by atoms with Gasteiger partial charge in [-0.05, 0) is 60.4 Å². The number of benzene rings is 2. The zero-order chi connectivity index (χ0) is 30.5. The van der Waals surface area contributed by atoms with Crippen LogP contribution in [0.25, 0.3) is 0 Å². The Bertz CT molecular complexity index is 1150. The quantitative estimate of drug-likeness (QED) is 0.137. The van der Waals surface area contributed by atoms with Crippen LogP contribution in [0.15, 0.2) is 54.6 Å². The van der Waals surface area contributed by atoms with Crippen molar-refractivity contribution in [3.8, 4) is 0 Å². The molecule has 0 radical (unpaired) electrons. The van der Waals surface area contributed by atoms with Gasteiger partial charge in [-0.15, -0.1) is 0 Å². The number of rotatable bonds is 17. The van der Waals surface area contributed by atoms with Crippen LogP contribution >= 0.6 is 24.4 Å². The van der Waals surface area contributed by atoms with Crippen molar-refractivity contribution in [3.05, 3.63) is 71.3 Å². The highest BCUT2D eigenvalue weighted by atomic mass is 32.2. The zero-order valence-electron chi connectivity index (χ0n) is 24.9. The van der Waals surface area contributed by atoms with Crippen molar-refractivity contribution in [2.45, 2.75) is 70.2 Å². The minimum atomic E-state index is -1.07. The van der Waals surface area contributed by atoms with E-state index in [0.29, 0.717) is 37.4 Å². The molecule has 3 rings (SSSR count). The van der Waals surface area contributed by atoms with Gasteiger partial charge in [0, 0.05) is 31.3 Å². The standard InChI is InChI=1S/C32H46N4O4S2/c1-22(2)29(34-19-26(21-41)33-16-9-12-23-10-5-4-6-11-23)31(38)36-20-25-14-8-7-13-24(25)18-28(36)30(37)35-27(32(39)40)15-17-42-3/h4-8,10-11,13-14,22,26-29,33-34,41H,9,12,15-21H2,1-3H3,(H,35,37)(H,39,40)/t26?,27?,28?,29-/m0/s1. The average molecular weight is 615 g/mol. The number of hydrogen-bond acceptors (Lipinski definition) is 7. The number of thioether (sulfide) groups is 1. The molecule has 4 atom stereocenters. The predicted molar refractivity (Wildman–Crippen MR) is 174 cm³/mol. The monoisotopic (exact) mass is 614 g/mol. The van der Waals surface area contributed by atoms with Crippen LogP contribution in [0, 0.1) is 5.92 Å². The molecule has 1 aliphatic rings. The van der Waals surface area contributed by atoms with Crippen molar-refractivity contribution in [2.24, 2.45) is 5.92 Å². The summed E-state index contributed by atoms with van der Waals surface area (Å²) >= 11 is 6.07. The first-order valence-corrected chi connectivity index (χ1v) is 16.8. The number of carbonyl (C=O) groups is 3. The van der Waals surface area contributed by atoms with Crippen molar-refractivity contribution in [1.29, 1.82) is 0 Å². The highest BCUT2D eigenvalue weighted by Crippen LogP contribution is 2.25. The fourth-order valence-electron chi connectivity index (χ4n) is 5.25. The first-order valence-electron chi connectivity index (χ1n) is 14.8. The van der Waals surface area contributed by atoms with Crippen LogP contribution in [0.2, 0.25) is 0 Å². The van der Waals surface area contributed by atoms with E-state index < -0.39 is 30.0 Å². The van der Waals surface area contributed by atoms with E-state index in [4.69, 9.17) is 0 Å². The number of carbonyl (C=O) groups excluding carboxylic acids is 2. The fourth-order valence-corrected chi connectivity index (χ4v) is 5.98. The molecule has 10 heteroatoms. The van der Waals surface area contributed by atoms with Gasteiger partial charge in [0.05, 0.1) is 6.04 Å². The third kappa shape index (κ3) is 10.0. The topological polar surface area (TPSA) is 111 Å². The van der Waals surface area contributed by atoms with Crippen LogP contribution in [0.4, 0.5) is 0 Å². The number of carboxylic acid groups (broad SMARTS) is 1. The lowest BCUT2D eigenvalue weighted by Crippen LogP contribution is -2.60. The number of nitrogens with zero attached hydrogens (tertiary/aromatic N) is 1. The average Bonchev–Trinajstić information content (AvgIpc) is 2.99. The van der Waals surface area contributed by atoms with Gasteiger partial charge in [-0.3, -0.25) is 9.59 Å². The molecule has 8 nitrogen and oxygen atoms in total. The summed E-state index contributed by atoms with van der Waals surface area (Å²) in [5.41, 5.74) is 3.32. The van der Waals surface area contributed by atoms with Gasteiger partial charge in [-0.25, -0.2) is 4.79 Å². The summed E-state index contributed by atoms with van der Waals surface area (Å²) < 4.78 is 0. The highest BCUT2D eigenvalue weighted by molar-refractivity contribution is 7.98. The molecule has 1 heterocycles. The van der Waals surface area contributed by atoms with E-state index >= 15 is 0 Å². The molecular formula is C32H46N4O4S2. The second kappa shape index (κ2) is 17.6. The summed E-state index contributed by atoms with van der Waals surface area (Å²) in [5.74, 6) is -0.446. The minimum Gasteiger partial charge on any atom is -0.480 e. The van der Waals surface area contributed by atoms with Gasteiger partial charge in [-0.2, -0.15) is 24.4 Å². The van der Waals surface area contributed by atoms with Gasteiger partial charge in [-0.1, -0.05) is 68.4 Å². The summed E-state index contributed by atoms with van der Waals surface area (Å²) in [6, 6.07) is 16.0. The van der Waals surface area contributed by atoms with E-state index in [9.17, 15) is 19.5 Å². The molecule has 42 heavy (non-hydrogen) atoms. The zero-order valence-corrected chi connectivity index (χ0v) is 26.6. The van der Waals surface area contributed by atoms with Crippen molar-refractivity contribution >= 4 is 42.2 Å². The summed E-state index contributed by atoms with van der Waals surface area (Å²) in [6.07, 6.45) is 4.55. The number of amides is 2. The van der Waals surface area contributed by atoms with Crippen LogP contribution in [0.1, 0.15) is 43.4 Å². The Morgan fingerprint density at radius 1 is 1.05 bits per heavy atom. The molecule has 1 aliphatic heterocycles. The van der Waals surface area contributed by atoms with Crippen LogP contribution < -0.4 is 16.0 Å². The second-order valence-electron chi connectivity index (χ2n) is 11.2. The van der Waals surface area contributed by atoms with E-state index in [0.717, 1.165) is 30.5 Å². The highest BCUT2D eigenvalue weighted by Gasteiger charge is 2.39. The number of carboxylic acids is 1. The Balaban J connectivity index is 1.68. The number of nitrogens with one attached hydrogen (secondary N) is 3. The normalized spacial score (nSPS) is 16.9. The SMILES string of the molecule is CSCCC(NC(=O)C1Cc2ccccc2CN1C(=O)[C@@H](NCC(CS)NCCCc1ccccc1)C(C)C)C(=O)O. The van der Waals surface area contributed by atoms with Crippen LogP contribution in [0.5, 0.6) is 0 Å². The number of aryl methyl sites for hydroxylation is 1. The number of thiol groups is 1. The van der Waals surface area contributed by atoms with Gasteiger partial charge in [0.1, 0.15) is 12.1 Å². The summed E-state index contributed by atoms with van der Waals surface area (Å²) in [6.45, 7) is 5.69. The summed E-state index contributed by atoms with van der Waals surface area (Å²) in [7, 11) is 0. The molecule has 230 valence electrons. The molecule has 0 fully saturated rings. The van der Waals surface area contributed by atoms with Crippen molar-refractivity contribution < 1.29 is 19.5 Å². The van der Waals surface area contributed by atoms with Crippen molar-refractivity contribution in [3.63, 3.8) is 0 Å². The molecule has 3 unspecified atom stereocenters. The van der Waals surface area contributed by atoms with Crippen LogP contribution in [-0.2, 0) is 33.8 Å². The number of hydrogen-bond donors (Lipinski definition) is 5. The maximum absolute atomic E-state index is 14.1. The number of fused-ring (bicyclic) bond motifs is 1. The number of aliphatic carboxylic acids is 1. The second-order valence-corrected chi connectivity index (χ2v) is 12.5. The van der Waals surface area contributed by atoms with Gasteiger partial charge >= 0.3 is 5.97 Å². The molecule has 4 N–H and O–H groups in total. The fraction of sp³-hybridized carbons (Fsp3) is 0.531. The predicted octanol–water partition coefficient (Wildman–Crippen LogP) is 3.40. The van der Waals surface area contributed by atoms with Gasteiger partial charge < -0.3 is 26.0 Å². The Labute approximate surface area is 260 Å². The van der Waals surface area contributed by atoms with Crippen molar-refractivity contribution in [2.75, 3.05) is 30.9 Å². The van der Waals surface area contributed by atoms with Gasteiger partial charge in [0.15, 0.2) is 0 Å². The summed E-state index contributed by atoms with van der Waals surface area (Å²) in [4.78, 5) is 41.1. The molecule has 0 aliphatic carbocycles. The Morgan fingerprint density at radius 3 is 2.38 bits per heavy atom. The Morgan fingerprint density at radius 2 is 1.74 bits per heavy atom. The van der Waals surface area contributed by atoms with Crippen LogP contribution in [-0.4, -0.2) is 82.8 Å². The summed E-state index contributed by atoms with van der Waals surface area (Å²) in [5, 5.41) is 19.4. The maximum Gasteiger partial charge on any atom is 0.326 e. The third-order valence-corrected chi connectivity index (χ3v) is 8.80. The molecule has 0 spiro atoms. The van der Waals surface area contributed by atoms with Crippen LogP contribution in [0.3, 0.4) is 0 Å². The van der Waals surface area contributed by atoms with Crippen molar-refractivity contribution in [1.82, 2.24) is 20.9 Å². The lowest BCUT2D eigenvalue weighted by Gasteiger charge is -2.39. The lowest BCUT2D eigenvalue weighted by atomic mass is 9.91. The third-order valence-electron chi connectivity index (χ3n) is 7.71. The first kappa shape index (κ1) is 34.0. The van der Waals surface area contributed by atoms with E-state index in [1.165, 1.54) is 17.3 Å². The van der Waals surface area contributed by atoms with E-state index in [-0.39, 0.29) is 17.9 Å². The molecule has 0 saturated carbocycles. The largest absolute Gasteiger partial charge is 0.480 e. The Hall–Kier alpha value is -2.53. The maximum atomic E-state index is 14.1. The van der Waals surface area contributed by atoms with E-state index in [2.05, 4.69) is 52.8 Å². The molecule has 2 amide bonds. The molecular weight excluding hydrogens is 569 g/mol. The van der Waals surface area contributed by atoms with E-state index in [1.54, 1.807) is 4.90 Å². The van der Waals surface area contributed by atoms with E-state index in [1.807, 2.05) is 50.4 Å². The smallest absolute Gasteiger partial charge is 0.326 e. The minimum absolute atomic E-state index is 0.0228. The first-order chi connectivity index (χ1) is 20.2. The molecule has 0 saturated heterocycles. The molecule has 0 aromatic heterocycles. The lowest BCUT2D eigenvalue weighted by molar-refractivity contribution is -0.146. The Kier molecular flexibility index (Phi) is 14.2. The van der Waals surface area contributed by atoms with Gasteiger partial charge in [0.25, 0.3) is 0 Å².